The monoisotopic (exact) mass is 541 g/mol. The van der Waals surface area contributed by atoms with Gasteiger partial charge >= 0.3 is 0 Å². The fraction of sp³-hybridized carbons (Fsp3) is 0.793. The van der Waals surface area contributed by atoms with Crippen LogP contribution in [-0.2, 0) is 6.42 Å². The first kappa shape index (κ1) is 28.9. The Morgan fingerprint density at radius 2 is 1.19 bits per heavy atom. The molecule has 0 aromatic heterocycles. The molecule has 0 heterocycles. The SMILES string of the molecule is CCCCCCCCCCCCc1ccc(C2CCC([N+](C)(C)CCC)CC2)cc1.[I-]. The van der Waals surface area contributed by atoms with E-state index in [2.05, 4.69) is 52.2 Å². The second kappa shape index (κ2) is 16.5. The van der Waals surface area contributed by atoms with Gasteiger partial charge in [-0.2, -0.15) is 0 Å². The molecule has 180 valence electrons. The van der Waals surface area contributed by atoms with E-state index in [0.717, 1.165) is 12.0 Å². The van der Waals surface area contributed by atoms with Gasteiger partial charge in [0.15, 0.2) is 0 Å². The minimum Gasteiger partial charge on any atom is -1.00 e. The lowest BCUT2D eigenvalue weighted by Gasteiger charge is -2.41. The Kier molecular flexibility index (Phi) is 15.4. The molecule has 1 aliphatic rings. The third kappa shape index (κ3) is 11.1. The highest BCUT2D eigenvalue weighted by Crippen LogP contribution is 2.36. The van der Waals surface area contributed by atoms with Gasteiger partial charge in [0.05, 0.1) is 26.7 Å². The smallest absolute Gasteiger partial charge is 0.0886 e. The second-order valence-corrected chi connectivity index (χ2v) is 10.7. The van der Waals surface area contributed by atoms with E-state index in [0.29, 0.717) is 0 Å². The molecule has 1 aromatic rings. The summed E-state index contributed by atoms with van der Waals surface area (Å²) >= 11 is 0. The molecule has 0 spiro atoms. The average molecular weight is 542 g/mol. The molecule has 2 heteroatoms. The highest BCUT2D eigenvalue weighted by atomic mass is 127. The molecule has 0 radical (unpaired) electrons. The van der Waals surface area contributed by atoms with Crippen LogP contribution in [0.25, 0.3) is 0 Å². The van der Waals surface area contributed by atoms with Gasteiger partial charge < -0.3 is 28.5 Å². The number of hydrogen-bond donors (Lipinski definition) is 0. The van der Waals surface area contributed by atoms with E-state index >= 15 is 0 Å². The highest BCUT2D eigenvalue weighted by molar-refractivity contribution is 5.26. The number of benzene rings is 1. The van der Waals surface area contributed by atoms with Crippen molar-refractivity contribution in [2.75, 3.05) is 20.6 Å². The third-order valence-electron chi connectivity index (χ3n) is 7.76. The predicted molar refractivity (Wildman–Crippen MR) is 134 cm³/mol. The van der Waals surface area contributed by atoms with Crippen LogP contribution in [0.15, 0.2) is 24.3 Å². The van der Waals surface area contributed by atoms with Crippen molar-refractivity contribution < 1.29 is 28.5 Å². The Hall–Kier alpha value is -0.0900. The number of halogens is 1. The number of quaternary nitrogens is 1. The molecule has 1 saturated carbocycles. The van der Waals surface area contributed by atoms with Gasteiger partial charge in [0, 0.05) is 12.8 Å². The molecule has 1 fully saturated rings. The number of aryl methyl sites for hydroxylation is 1. The summed E-state index contributed by atoms with van der Waals surface area (Å²) in [4.78, 5) is 0. The highest BCUT2D eigenvalue weighted by Gasteiger charge is 2.32. The van der Waals surface area contributed by atoms with Crippen LogP contribution in [0.5, 0.6) is 0 Å². The summed E-state index contributed by atoms with van der Waals surface area (Å²) in [7, 11) is 4.88. The van der Waals surface area contributed by atoms with E-state index in [-0.39, 0.29) is 24.0 Å². The van der Waals surface area contributed by atoms with E-state index in [1.54, 1.807) is 11.1 Å². The first-order valence-electron chi connectivity index (χ1n) is 13.5. The minimum absolute atomic E-state index is 0. The maximum Gasteiger partial charge on any atom is 0.0886 e. The Bertz CT molecular complexity index is 542. The molecular weight excluding hydrogens is 489 g/mol. The Balaban J connectivity index is 0.00000480. The largest absolute Gasteiger partial charge is 1.00 e. The fourth-order valence-corrected chi connectivity index (χ4v) is 5.64. The summed E-state index contributed by atoms with van der Waals surface area (Å²) in [6.07, 6.45) is 22.4. The molecule has 0 atom stereocenters. The summed E-state index contributed by atoms with van der Waals surface area (Å²) in [6.45, 7) is 5.94. The Morgan fingerprint density at radius 1 is 0.677 bits per heavy atom. The van der Waals surface area contributed by atoms with Crippen molar-refractivity contribution in [3.8, 4) is 0 Å². The van der Waals surface area contributed by atoms with E-state index in [9.17, 15) is 0 Å². The molecular formula is C29H52IN. The molecule has 31 heavy (non-hydrogen) atoms. The second-order valence-electron chi connectivity index (χ2n) is 10.7. The van der Waals surface area contributed by atoms with Crippen molar-refractivity contribution in [2.24, 2.45) is 0 Å². The van der Waals surface area contributed by atoms with Gasteiger partial charge in [-0.1, -0.05) is 95.9 Å². The van der Waals surface area contributed by atoms with Crippen LogP contribution < -0.4 is 24.0 Å². The quantitative estimate of drug-likeness (QED) is 0.153. The molecule has 1 aliphatic carbocycles. The molecule has 0 bridgehead atoms. The maximum atomic E-state index is 2.45. The standard InChI is InChI=1S/C29H52N.HI/c1-5-7-8-9-10-11-12-13-14-15-16-26-17-19-27(20-18-26)28-21-23-29(24-22-28)30(3,4)25-6-2;/h17-20,28-29H,5-16,21-25H2,1-4H3;1H/q+1;/p-1. The molecule has 0 amide bonds. The number of nitrogens with zero attached hydrogens (tertiary/aromatic N) is 1. The zero-order valence-electron chi connectivity index (χ0n) is 21.3. The van der Waals surface area contributed by atoms with Gasteiger partial charge in [-0.05, 0) is 49.1 Å². The normalized spacial score (nSPS) is 19.2. The van der Waals surface area contributed by atoms with Crippen LogP contribution >= 0.6 is 0 Å². The van der Waals surface area contributed by atoms with Gasteiger partial charge in [-0.25, -0.2) is 0 Å². The van der Waals surface area contributed by atoms with E-state index < -0.39 is 0 Å². The van der Waals surface area contributed by atoms with Crippen molar-refractivity contribution in [3.05, 3.63) is 35.4 Å². The van der Waals surface area contributed by atoms with E-state index in [1.807, 2.05) is 0 Å². The van der Waals surface area contributed by atoms with Crippen LogP contribution in [0.2, 0.25) is 0 Å². The Morgan fingerprint density at radius 3 is 1.71 bits per heavy atom. The third-order valence-corrected chi connectivity index (χ3v) is 7.76. The summed E-state index contributed by atoms with van der Waals surface area (Å²) in [5.74, 6) is 0.800. The summed E-state index contributed by atoms with van der Waals surface area (Å²) in [5.41, 5.74) is 3.15. The van der Waals surface area contributed by atoms with Crippen LogP contribution in [0.3, 0.4) is 0 Å². The first-order valence-corrected chi connectivity index (χ1v) is 13.5. The number of rotatable bonds is 15. The van der Waals surface area contributed by atoms with Gasteiger partial charge in [-0.3, -0.25) is 0 Å². The zero-order valence-corrected chi connectivity index (χ0v) is 23.5. The predicted octanol–water partition coefficient (Wildman–Crippen LogP) is 5.67. The summed E-state index contributed by atoms with van der Waals surface area (Å²) in [6, 6.07) is 10.6. The molecule has 0 unspecified atom stereocenters. The molecule has 0 aliphatic heterocycles. The Labute approximate surface area is 212 Å². The van der Waals surface area contributed by atoms with E-state index in [4.69, 9.17) is 0 Å². The van der Waals surface area contributed by atoms with Crippen molar-refractivity contribution in [1.29, 1.82) is 0 Å². The lowest BCUT2D eigenvalue weighted by Crippen LogP contribution is -3.00. The minimum atomic E-state index is 0. The summed E-state index contributed by atoms with van der Waals surface area (Å²) in [5, 5.41) is 0. The van der Waals surface area contributed by atoms with Gasteiger partial charge in [-0.15, -0.1) is 0 Å². The molecule has 1 aromatic carbocycles. The summed E-state index contributed by atoms with van der Waals surface area (Å²) < 4.78 is 1.22. The lowest BCUT2D eigenvalue weighted by molar-refractivity contribution is -0.916. The van der Waals surface area contributed by atoms with Crippen molar-refractivity contribution in [1.82, 2.24) is 0 Å². The van der Waals surface area contributed by atoms with E-state index in [1.165, 1.54) is 114 Å². The zero-order chi connectivity index (χ0) is 21.7. The van der Waals surface area contributed by atoms with Crippen molar-refractivity contribution in [2.45, 2.75) is 129 Å². The van der Waals surface area contributed by atoms with Crippen molar-refractivity contribution in [3.63, 3.8) is 0 Å². The average Bonchev–Trinajstić information content (AvgIpc) is 2.75. The molecule has 0 N–H and O–H groups in total. The van der Waals surface area contributed by atoms with Crippen molar-refractivity contribution >= 4 is 0 Å². The van der Waals surface area contributed by atoms with Gasteiger partial charge in [0.1, 0.15) is 0 Å². The van der Waals surface area contributed by atoms with Crippen LogP contribution in [0, 0.1) is 0 Å². The van der Waals surface area contributed by atoms with Crippen LogP contribution in [-0.4, -0.2) is 31.2 Å². The van der Waals surface area contributed by atoms with Crippen LogP contribution in [0.1, 0.15) is 127 Å². The first-order chi connectivity index (χ1) is 14.6. The molecule has 0 saturated heterocycles. The van der Waals surface area contributed by atoms with Crippen LogP contribution in [0.4, 0.5) is 0 Å². The molecule has 1 nitrogen and oxygen atoms in total. The molecule has 2 rings (SSSR count). The fourth-order valence-electron chi connectivity index (χ4n) is 5.64. The van der Waals surface area contributed by atoms with Gasteiger partial charge in [0.2, 0.25) is 0 Å². The van der Waals surface area contributed by atoms with Gasteiger partial charge in [0.25, 0.3) is 0 Å². The topological polar surface area (TPSA) is 0 Å². The lowest BCUT2D eigenvalue weighted by atomic mass is 9.80. The number of hydrogen-bond acceptors (Lipinski definition) is 0. The number of unbranched alkanes of at least 4 members (excludes halogenated alkanes) is 9. The maximum absolute atomic E-state index is 2.45.